The molecule has 0 aliphatic carbocycles. The van der Waals surface area contributed by atoms with Crippen LogP contribution >= 0.6 is 11.6 Å². The van der Waals surface area contributed by atoms with Crippen LogP contribution in [0.25, 0.3) is 0 Å². The Morgan fingerprint density at radius 1 is 1.04 bits per heavy atom. The van der Waals surface area contributed by atoms with Crippen LogP contribution in [0, 0.1) is 0 Å². The Morgan fingerprint density at radius 3 is 2.43 bits per heavy atom. The third-order valence-electron chi connectivity index (χ3n) is 4.33. The zero-order valence-electron chi connectivity index (χ0n) is 13.2. The molecular weight excluding hydrogens is 306 g/mol. The molecule has 4 heteroatoms. The van der Waals surface area contributed by atoms with Crippen LogP contribution in [-0.2, 0) is 18.4 Å². The van der Waals surface area contributed by atoms with E-state index in [0.717, 1.165) is 24.4 Å². The van der Waals surface area contributed by atoms with Crippen molar-refractivity contribution in [3.8, 4) is 0 Å². The SMILES string of the molecule is CC(CCc1ccc(Cl)cc1)(Cn1cncn1)c1ccccc1. The molecule has 0 amide bonds. The summed E-state index contributed by atoms with van der Waals surface area (Å²) >= 11 is 5.97. The molecule has 0 spiro atoms. The highest BCUT2D eigenvalue weighted by molar-refractivity contribution is 6.30. The van der Waals surface area contributed by atoms with Gasteiger partial charge in [0.1, 0.15) is 12.7 Å². The largest absolute Gasteiger partial charge is 0.252 e. The van der Waals surface area contributed by atoms with Crippen molar-refractivity contribution in [3.05, 3.63) is 83.4 Å². The molecule has 3 nitrogen and oxygen atoms in total. The van der Waals surface area contributed by atoms with E-state index in [4.69, 9.17) is 11.6 Å². The summed E-state index contributed by atoms with van der Waals surface area (Å²) in [4.78, 5) is 4.07. The lowest BCUT2D eigenvalue weighted by Crippen LogP contribution is -2.29. The molecular formula is C19H20ClN3. The summed E-state index contributed by atoms with van der Waals surface area (Å²) in [5, 5.41) is 5.06. The summed E-state index contributed by atoms with van der Waals surface area (Å²) in [6, 6.07) is 18.7. The molecule has 0 aliphatic rings. The summed E-state index contributed by atoms with van der Waals surface area (Å²) in [7, 11) is 0. The highest BCUT2D eigenvalue weighted by Gasteiger charge is 2.27. The van der Waals surface area contributed by atoms with Gasteiger partial charge in [0.2, 0.25) is 0 Å². The summed E-state index contributed by atoms with van der Waals surface area (Å²) < 4.78 is 1.91. The molecule has 1 aromatic heterocycles. The molecule has 0 radical (unpaired) electrons. The Morgan fingerprint density at radius 2 is 1.78 bits per heavy atom. The highest BCUT2D eigenvalue weighted by atomic mass is 35.5. The van der Waals surface area contributed by atoms with Crippen molar-refractivity contribution >= 4 is 11.6 Å². The van der Waals surface area contributed by atoms with Gasteiger partial charge in [-0.2, -0.15) is 5.10 Å². The van der Waals surface area contributed by atoms with Crippen molar-refractivity contribution in [1.29, 1.82) is 0 Å². The zero-order chi connectivity index (χ0) is 16.1. The van der Waals surface area contributed by atoms with Gasteiger partial charge in [0, 0.05) is 10.4 Å². The number of rotatable bonds is 6. The number of halogens is 1. The summed E-state index contributed by atoms with van der Waals surface area (Å²) in [5.41, 5.74) is 2.62. The zero-order valence-corrected chi connectivity index (χ0v) is 13.9. The molecule has 0 aliphatic heterocycles. The minimum Gasteiger partial charge on any atom is -0.252 e. The van der Waals surface area contributed by atoms with E-state index in [-0.39, 0.29) is 5.41 Å². The monoisotopic (exact) mass is 325 g/mol. The second-order valence-corrected chi connectivity index (χ2v) is 6.58. The van der Waals surface area contributed by atoms with E-state index in [0.29, 0.717) is 0 Å². The Kier molecular flexibility index (Phi) is 4.77. The van der Waals surface area contributed by atoms with E-state index >= 15 is 0 Å². The maximum atomic E-state index is 5.97. The topological polar surface area (TPSA) is 30.7 Å². The molecule has 0 N–H and O–H groups in total. The van der Waals surface area contributed by atoms with Crippen LogP contribution in [0.2, 0.25) is 5.02 Å². The first-order valence-electron chi connectivity index (χ1n) is 7.78. The standard InChI is InChI=1S/C19H20ClN3/c1-19(13-23-15-21-14-22-23,17-5-3-2-4-6-17)12-11-16-7-9-18(20)10-8-16/h2-10,14-15H,11-13H2,1H3. The first-order chi connectivity index (χ1) is 11.2. The Bertz CT molecular complexity index is 723. The number of aryl methyl sites for hydroxylation is 1. The van der Waals surface area contributed by atoms with Gasteiger partial charge in [-0.05, 0) is 36.1 Å². The van der Waals surface area contributed by atoms with Gasteiger partial charge in [0.25, 0.3) is 0 Å². The number of benzene rings is 2. The van der Waals surface area contributed by atoms with Crippen LogP contribution in [0.15, 0.2) is 67.3 Å². The highest BCUT2D eigenvalue weighted by Crippen LogP contribution is 2.31. The van der Waals surface area contributed by atoms with Crippen molar-refractivity contribution in [2.24, 2.45) is 0 Å². The molecule has 118 valence electrons. The van der Waals surface area contributed by atoms with Gasteiger partial charge in [0.15, 0.2) is 0 Å². The predicted molar refractivity (Wildman–Crippen MR) is 93.6 cm³/mol. The van der Waals surface area contributed by atoms with E-state index in [1.807, 2.05) is 16.8 Å². The normalized spacial score (nSPS) is 13.7. The van der Waals surface area contributed by atoms with Gasteiger partial charge in [-0.3, -0.25) is 4.68 Å². The molecule has 0 saturated heterocycles. The lowest BCUT2D eigenvalue weighted by atomic mass is 9.77. The van der Waals surface area contributed by atoms with E-state index in [1.54, 1.807) is 12.7 Å². The molecule has 1 atom stereocenters. The summed E-state index contributed by atoms with van der Waals surface area (Å²) in [5.74, 6) is 0. The smallest absolute Gasteiger partial charge is 0.137 e. The molecule has 0 saturated carbocycles. The number of hydrogen-bond acceptors (Lipinski definition) is 2. The maximum absolute atomic E-state index is 5.97. The molecule has 0 bridgehead atoms. The minimum absolute atomic E-state index is 0.00536. The number of hydrogen-bond donors (Lipinski definition) is 0. The Labute approximate surface area is 142 Å². The molecule has 3 aromatic rings. The third kappa shape index (κ3) is 3.99. The van der Waals surface area contributed by atoms with Crippen LogP contribution in [0.3, 0.4) is 0 Å². The molecule has 0 fully saturated rings. The molecule has 2 aromatic carbocycles. The van der Waals surface area contributed by atoms with Gasteiger partial charge in [-0.1, -0.05) is 61.0 Å². The fourth-order valence-corrected chi connectivity index (χ4v) is 3.02. The Hall–Kier alpha value is -2.13. The lowest BCUT2D eigenvalue weighted by molar-refractivity contribution is 0.350. The van der Waals surface area contributed by atoms with Crippen LogP contribution in [-0.4, -0.2) is 14.8 Å². The van der Waals surface area contributed by atoms with Crippen LogP contribution < -0.4 is 0 Å². The first kappa shape index (κ1) is 15.8. The van der Waals surface area contributed by atoms with Gasteiger partial charge in [-0.15, -0.1) is 0 Å². The van der Waals surface area contributed by atoms with Crippen molar-refractivity contribution in [2.45, 2.75) is 31.7 Å². The van der Waals surface area contributed by atoms with Crippen LogP contribution in [0.5, 0.6) is 0 Å². The lowest BCUT2D eigenvalue weighted by Gasteiger charge is -2.30. The average molecular weight is 326 g/mol. The second kappa shape index (κ2) is 6.97. The van der Waals surface area contributed by atoms with Gasteiger partial charge in [0.05, 0.1) is 6.54 Å². The van der Waals surface area contributed by atoms with Gasteiger partial charge >= 0.3 is 0 Å². The third-order valence-corrected chi connectivity index (χ3v) is 4.58. The molecule has 3 rings (SSSR count). The van der Waals surface area contributed by atoms with Crippen LogP contribution in [0.1, 0.15) is 24.5 Å². The molecule has 23 heavy (non-hydrogen) atoms. The van der Waals surface area contributed by atoms with Crippen molar-refractivity contribution in [3.63, 3.8) is 0 Å². The van der Waals surface area contributed by atoms with E-state index < -0.39 is 0 Å². The van der Waals surface area contributed by atoms with Crippen molar-refractivity contribution in [2.75, 3.05) is 0 Å². The van der Waals surface area contributed by atoms with Gasteiger partial charge < -0.3 is 0 Å². The average Bonchev–Trinajstić information content (AvgIpc) is 3.08. The Balaban J connectivity index is 1.81. The maximum Gasteiger partial charge on any atom is 0.137 e. The number of aromatic nitrogens is 3. The summed E-state index contributed by atoms with van der Waals surface area (Å²) in [6.07, 6.45) is 5.39. The van der Waals surface area contributed by atoms with E-state index in [2.05, 4.69) is 59.5 Å². The summed E-state index contributed by atoms with van der Waals surface area (Å²) in [6.45, 7) is 3.10. The predicted octanol–water partition coefficient (Wildman–Crippen LogP) is 4.52. The fraction of sp³-hybridized carbons (Fsp3) is 0.263. The van der Waals surface area contributed by atoms with E-state index in [1.165, 1.54) is 11.1 Å². The number of nitrogens with zero attached hydrogens (tertiary/aromatic N) is 3. The van der Waals surface area contributed by atoms with Crippen molar-refractivity contribution in [1.82, 2.24) is 14.8 Å². The first-order valence-corrected chi connectivity index (χ1v) is 8.16. The minimum atomic E-state index is -0.00536. The fourth-order valence-electron chi connectivity index (χ4n) is 2.90. The van der Waals surface area contributed by atoms with Crippen LogP contribution in [0.4, 0.5) is 0 Å². The van der Waals surface area contributed by atoms with E-state index in [9.17, 15) is 0 Å². The van der Waals surface area contributed by atoms with Crippen molar-refractivity contribution < 1.29 is 0 Å². The quantitative estimate of drug-likeness (QED) is 0.667. The molecule has 1 heterocycles. The molecule has 1 unspecified atom stereocenters. The second-order valence-electron chi connectivity index (χ2n) is 6.15. The van der Waals surface area contributed by atoms with Gasteiger partial charge in [-0.25, -0.2) is 4.98 Å².